The Hall–Kier alpha value is -5.27. The molecule has 300 valence electrons. The molecule has 6 rings (SSSR count). The van der Waals surface area contributed by atoms with Gasteiger partial charge in [-0.2, -0.15) is 0 Å². The molecule has 8 atom stereocenters. The highest BCUT2D eigenvalue weighted by atomic mass is 16.5. The largest absolute Gasteiger partial charge is 0.458 e. The van der Waals surface area contributed by atoms with E-state index in [1.54, 1.807) is 6.92 Å². The fourth-order valence-corrected chi connectivity index (χ4v) is 8.45. The normalized spacial score (nSPS) is 28.1. The summed E-state index contributed by atoms with van der Waals surface area (Å²) in [6, 6.07) is 12.5. The van der Waals surface area contributed by atoms with Crippen molar-refractivity contribution in [3.8, 4) is 0 Å². The first kappa shape index (κ1) is 40.4. The zero-order chi connectivity index (χ0) is 39.9. The first-order valence-corrected chi connectivity index (χ1v) is 20.0. The molecule has 0 spiro atoms. The molecule has 0 bridgehead atoms. The average molecular weight is 771 g/mol. The molecular formula is C42H54N6O8. The number of cyclic esters (lactones) is 1. The Balaban J connectivity index is 1.31. The summed E-state index contributed by atoms with van der Waals surface area (Å²) in [7, 11) is 0. The van der Waals surface area contributed by atoms with Gasteiger partial charge in [-0.05, 0) is 75.8 Å². The molecule has 4 heterocycles. The van der Waals surface area contributed by atoms with Crippen molar-refractivity contribution in [1.82, 2.24) is 30.7 Å². The van der Waals surface area contributed by atoms with Gasteiger partial charge in [0.05, 0.1) is 0 Å². The number of piperidine rings is 1. The zero-order valence-electron chi connectivity index (χ0n) is 32.5. The highest BCUT2D eigenvalue weighted by molar-refractivity contribution is 5.98. The molecule has 14 nitrogen and oxygen atoms in total. The first-order chi connectivity index (χ1) is 26.9. The van der Waals surface area contributed by atoms with Gasteiger partial charge < -0.3 is 35.4 Å². The van der Waals surface area contributed by atoms with E-state index in [1.807, 2.05) is 67.6 Å². The van der Waals surface area contributed by atoms with Crippen molar-refractivity contribution in [2.45, 2.75) is 121 Å². The second kappa shape index (κ2) is 18.1. The van der Waals surface area contributed by atoms with Crippen LogP contribution in [0.1, 0.15) is 76.8 Å². The Morgan fingerprint density at radius 1 is 0.768 bits per heavy atom. The number of esters is 1. The van der Waals surface area contributed by atoms with E-state index in [0.29, 0.717) is 51.5 Å². The summed E-state index contributed by atoms with van der Waals surface area (Å²) < 4.78 is 5.96. The van der Waals surface area contributed by atoms with Crippen LogP contribution in [0.4, 0.5) is 0 Å². The van der Waals surface area contributed by atoms with E-state index in [-0.39, 0.29) is 43.7 Å². The molecule has 4 saturated heterocycles. The number of carbonyl (C=O) groups excluding carboxylic acids is 7. The maximum atomic E-state index is 14.7. The molecule has 0 aromatic heterocycles. The van der Waals surface area contributed by atoms with Crippen LogP contribution in [-0.2, 0) is 51.1 Å². The van der Waals surface area contributed by atoms with Crippen LogP contribution < -0.4 is 16.0 Å². The number of nitrogens with zero attached hydrogens (tertiary/aromatic N) is 3. The lowest BCUT2D eigenvalue weighted by Gasteiger charge is -2.39. The maximum Gasteiger partial charge on any atom is 0.329 e. The van der Waals surface area contributed by atoms with Crippen molar-refractivity contribution >= 4 is 41.4 Å². The Morgan fingerprint density at radius 2 is 1.41 bits per heavy atom. The van der Waals surface area contributed by atoms with Crippen LogP contribution in [0.25, 0.3) is 0 Å². The van der Waals surface area contributed by atoms with Crippen molar-refractivity contribution in [3.63, 3.8) is 0 Å². The summed E-state index contributed by atoms with van der Waals surface area (Å²) in [5.41, 5.74) is 1.75. The number of amides is 6. The smallest absolute Gasteiger partial charge is 0.329 e. The summed E-state index contributed by atoms with van der Waals surface area (Å²) in [6.07, 6.45) is 2.47. The van der Waals surface area contributed by atoms with Gasteiger partial charge in [0.15, 0.2) is 0 Å². The molecule has 4 fully saturated rings. The van der Waals surface area contributed by atoms with Gasteiger partial charge in [0.1, 0.15) is 42.4 Å². The lowest BCUT2D eigenvalue weighted by atomic mass is 9.99. The predicted molar refractivity (Wildman–Crippen MR) is 205 cm³/mol. The van der Waals surface area contributed by atoms with E-state index in [2.05, 4.69) is 16.0 Å². The highest BCUT2D eigenvalue weighted by Gasteiger charge is 2.47. The molecule has 4 aliphatic rings. The Labute approximate surface area is 328 Å². The molecule has 14 heteroatoms. The van der Waals surface area contributed by atoms with E-state index in [1.165, 1.54) is 21.6 Å². The second-order valence-corrected chi connectivity index (χ2v) is 15.7. The molecule has 0 saturated carbocycles. The number of hydrogen-bond donors (Lipinski definition) is 3. The minimum atomic E-state index is -1.44. The molecule has 4 aliphatic heterocycles. The van der Waals surface area contributed by atoms with Crippen molar-refractivity contribution in [2.24, 2.45) is 5.92 Å². The van der Waals surface area contributed by atoms with Crippen LogP contribution in [0.2, 0.25) is 0 Å². The Bertz CT molecular complexity index is 1770. The molecule has 0 radical (unpaired) electrons. The minimum Gasteiger partial charge on any atom is -0.458 e. The van der Waals surface area contributed by atoms with E-state index in [9.17, 15) is 33.6 Å². The highest BCUT2D eigenvalue weighted by Crippen LogP contribution is 2.29. The molecule has 0 aliphatic carbocycles. The maximum absolute atomic E-state index is 14.7. The summed E-state index contributed by atoms with van der Waals surface area (Å²) in [5, 5.41) is 8.49. The van der Waals surface area contributed by atoms with E-state index < -0.39 is 72.0 Å². The number of benzene rings is 2. The lowest BCUT2D eigenvalue weighted by Crippen LogP contribution is -2.63. The standard InChI is InChI=1S/C42H54N6O8/c1-26-23-34-42(55)56-28(3)36(45-37(50)31(24-30-15-8-5-9-16-30)44-35(49)20-19-29-13-6-4-7-14-29)41(54)47-22-12-18-33(47)40(53)46-21-11-10-17-32(46)38(51)43-27(2)39(52)48(34)25-26/h4-9,13-16,26-28,31-34,36H,10-12,17-25H2,1-3H3,(H,43,51)(H,44,49)(H,45,50)/t26-,27+,28+,31+,32+,33+,34+,36+/m1/s1. The van der Waals surface area contributed by atoms with Gasteiger partial charge in [-0.3, -0.25) is 28.8 Å². The van der Waals surface area contributed by atoms with E-state index >= 15 is 0 Å². The van der Waals surface area contributed by atoms with Gasteiger partial charge in [0, 0.05) is 32.5 Å². The lowest BCUT2D eigenvalue weighted by molar-refractivity contribution is -0.163. The topological polar surface area (TPSA) is 175 Å². The summed E-state index contributed by atoms with van der Waals surface area (Å²) in [4.78, 5) is 102. The van der Waals surface area contributed by atoms with Gasteiger partial charge in [0.2, 0.25) is 35.4 Å². The summed E-state index contributed by atoms with van der Waals surface area (Å²) in [5.74, 6) is -3.70. The van der Waals surface area contributed by atoms with Crippen molar-refractivity contribution in [2.75, 3.05) is 19.6 Å². The van der Waals surface area contributed by atoms with Gasteiger partial charge in [-0.25, -0.2) is 4.79 Å². The van der Waals surface area contributed by atoms with Crippen LogP contribution in [0.15, 0.2) is 60.7 Å². The molecule has 2 aromatic rings. The number of fused-ring (bicyclic) bond motifs is 3. The van der Waals surface area contributed by atoms with Crippen molar-refractivity contribution in [3.05, 3.63) is 71.8 Å². The molecule has 56 heavy (non-hydrogen) atoms. The van der Waals surface area contributed by atoms with Gasteiger partial charge in [-0.15, -0.1) is 0 Å². The van der Waals surface area contributed by atoms with Crippen molar-refractivity contribution < 1.29 is 38.3 Å². The SMILES string of the molecule is C[C@@H]1C[C@H]2C(=O)O[C@@H](C)[C@H](NC(=O)[C@H](Cc3ccccc3)NC(=O)CCc3ccccc3)C(=O)N3CCC[C@H]3C(=O)N3CCCC[C@H]3C(=O)N[C@@H](C)C(=O)N2C1. The van der Waals surface area contributed by atoms with Gasteiger partial charge in [-0.1, -0.05) is 67.6 Å². The van der Waals surface area contributed by atoms with Crippen molar-refractivity contribution in [1.29, 1.82) is 0 Å². The van der Waals surface area contributed by atoms with Gasteiger partial charge in [0.25, 0.3) is 0 Å². The second-order valence-electron chi connectivity index (χ2n) is 15.7. The van der Waals surface area contributed by atoms with Crippen LogP contribution in [0, 0.1) is 5.92 Å². The quantitative estimate of drug-likeness (QED) is 0.342. The van der Waals surface area contributed by atoms with Crippen LogP contribution in [0.5, 0.6) is 0 Å². The predicted octanol–water partition coefficient (Wildman–Crippen LogP) is 1.89. The number of rotatable bonds is 8. The third-order valence-electron chi connectivity index (χ3n) is 11.5. The van der Waals surface area contributed by atoms with E-state index in [0.717, 1.165) is 11.1 Å². The molecule has 2 aromatic carbocycles. The summed E-state index contributed by atoms with van der Waals surface area (Å²) in [6.45, 7) is 5.80. The van der Waals surface area contributed by atoms with Crippen LogP contribution in [-0.4, -0.2) is 118 Å². The zero-order valence-corrected chi connectivity index (χ0v) is 32.5. The fourth-order valence-electron chi connectivity index (χ4n) is 8.45. The number of aryl methyl sites for hydroxylation is 1. The molecule has 0 unspecified atom stereocenters. The van der Waals surface area contributed by atoms with Gasteiger partial charge >= 0.3 is 5.97 Å². The van der Waals surface area contributed by atoms with Crippen LogP contribution >= 0.6 is 0 Å². The Morgan fingerprint density at radius 3 is 2.12 bits per heavy atom. The average Bonchev–Trinajstić information content (AvgIpc) is 3.86. The number of ether oxygens (including phenoxy) is 1. The third-order valence-corrected chi connectivity index (χ3v) is 11.5. The van der Waals surface area contributed by atoms with Crippen LogP contribution in [0.3, 0.4) is 0 Å². The first-order valence-electron chi connectivity index (χ1n) is 20.0. The molecule has 6 amide bonds. The molecule has 3 N–H and O–H groups in total. The number of hydrogen-bond acceptors (Lipinski definition) is 8. The molecular weight excluding hydrogens is 716 g/mol. The third kappa shape index (κ3) is 9.39. The Kier molecular flexibility index (Phi) is 13.1. The van der Waals surface area contributed by atoms with E-state index in [4.69, 9.17) is 4.74 Å². The monoisotopic (exact) mass is 770 g/mol. The minimum absolute atomic E-state index is 0.0463. The number of carbonyl (C=O) groups is 7. The fraction of sp³-hybridized carbons (Fsp3) is 0.548. The summed E-state index contributed by atoms with van der Waals surface area (Å²) >= 11 is 0. The number of nitrogens with one attached hydrogen (secondary N) is 3.